The summed E-state index contributed by atoms with van der Waals surface area (Å²) in [6.45, 7) is 0. The van der Waals surface area contributed by atoms with Crippen LogP contribution in [-0.4, -0.2) is 22.9 Å². The average Bonchev–Trinajstić information content (AvgIpc) is 2.48. The number of hydrogen-bond acceptors (Lipinski definition) is 5. The molecule has 108 valence electrons. The lowest BCUT2D eigenvalue weighted by atomic mass is 10.1. The number of carbonyl (C=O) groups excluding carboxylic acids is 1. The van der Waals surface area contributed by atoms with Crippen molar-refractivity contribution in [2.45, 2.75) is 0 Å². The number of carbonyl (C=O) groups is 1. The molecule has 1 aromatic carbocycles. The number of halogens is 1. The van der Waals surface area contributed by atoms with Crippen LogP contribution >= 0.6 is 22.6 Å². The van der Waals surface area contributed by atoms with E-state index in [9.17, 15) is 14.9 Å². The molecule has 21 heavy (non-hydrogen) atoms. The van der Waals surface area contributed by atoms with E-state index in [-0.39, 0.29) is 17.0 Å². The van der Waals surface area contributed by atoms with Gasteiger partial charge in [0, 0.05) is 21.4 Å². The highest BCUT2D eigenvalue weighted by Crippen LogP contribution is 2.27. The molecule has 0 radical (unpaired) electrons. The monoisotopic (exact) mass is 399 g/mol. The van der Waals surface area contributed by atoms with Crippen LogP contribution in [0, 0.1) is 13.7 Å². The molecule has 7 nitrogen and oxygen atoms in total. The fourth-order valence-corrected chi connectivity index (χ4v) is 1.93. The summed E-state index contributed by atoms with van der Waals surface area (Å²) in [4.78, 5) is 26.4. The number of nitro benzene ring substituents is 1. The van der Waals surface area contributed by atoms with Crippen molar-refractivity contribution in [1.29, 1.82) is 0 Å². The van der Waals surface area contributed by atoms with Gasteiger partial charge in [-0.3, -0.25) is 14.9 Å². The maximum atomic E-state index is 12.1. The van der Waals surface area contributed by atoms with E-state index in [1.807, 2.05) is 0 Å². The van der Waals surface area contributed by atoms with E-state index in [1.165, 1.54) is 25.3 Å². The van der Waals surface area contributed by atoms with Gasteiger partial charge in [0.2, 0.25) is 0 Å². The Morgan fingerprint density at radius 1 is 1.38 bits per heavy atom. The minimum Gasteiger partial charge on any atom is -0.490 e. The van der Waals surface area contributed by atoms with Crippen molar-refractivity contribution in [3.63, 3.8) is 0 Å². The van der Waals surface area contributed by atoms with Crippen LogP contribution in [0.1, 0.15) is 10.4 Å². The van der Waals surface area contributed by atoms with E-state index in [1.54, 1.807) is 18.3 Å². The van der Waals surface area contributed by atoms with Gasteiger partial charge in [-0.25, -0.2) is 4.98 Å². The summed E-state index contributed by atoms with van der Waals surface area (Å²) in [5.41, 5.74) is -0.108. The number of anilines is 1. The van der Waals surface area contributed by atoms with Crippen LogP contribution in [0.3, 0.4) is 0 Å². The number of methoxy groups -OCH3 is 1. The fraction of sp³-hybridized carbons (Fsp3) is 0.0769. The second kappa shape index (κ2) is 6.48. The summed E-state index contributed by atoms with van der Waals surface area (Å²) >= 11 is 2.10. The van der Waals surface area contributed by atoms with Gasteiger partial charge in [0.1, 0.15) is 5.82 Å². The predicted molar refractivity (Wildman–Crippen MR) is 84.6 cm³/mol. The Kier molecular flexibility index (Phi) is 4.68. The molecule has 1 aromatic heterocycles. The lowest BCUT2D eigenvalue weighted by Gasteiger charge is -2.06. The molecule has 0 saturated heterocycles. The number of nitro groups is 1. The summed E-state index contributed by atoms with van der Waals surface area (Å²) in [6, 6.07) is 7.44. The number of aromatic nitrogens is 1. The molecule has 1 heterocycles. The smallest absolute Gasteiger partial charge is 0.311 e. The lowest BCUT2D eigenvalue weighted by molar-refractivity contribution is -0.385. The highest BCUT2D eigenvalue weighted by atomic mass is 127. The topological polar surface area (TPSA) is 94.4 Å². The normalized spacial score (nSPS) is 10.0. The number of hydrogen-bond donors (Lipinski definition) is 1. The molecule has 0 atom stereocenters. The Labute approximate surface area is 133 Å². The van der Waals surface area contributed by atoms with Gasteiger partial charge in [0.15, 0.2) is 5.75 Å². The zero-order chi connectivity index (χ0) is 15.4. The summed E-state index contributed by atoms with van der Waals surface area (Å²) in [5, 5.41) is 13.5. The molecule has 2 rings (SSSR count). The molecule has 0 bridgehead atoms. The number of pyridine rings is 1. The highest BCUT2D eigenvalue weighted by molar-refractivity contribution is 14.1. The Bertz CT molecular complexity index is 688. The van der Waals surface area contributed by atoms with E-state index in [0.717, 1.165) is 3.57 Å². The molecule has 0 spiro atoms. The molecule has 0 fully saturated rings. The molecule has 0 saturated carbocycles. The van der Waals surface area contributed by atoms with E-state index in [0.29, 0.717) is 5.82 Å². The summed E-state index contributed by atoms with van der Waals surface area (Å²) in [5.74, 6) is -0.00251. The average molecular weight is 399 g/mol. The minimum absolute atomic E-state index is 0.101. The summed E-state index contributed by atoms with van der Waals surface area (Å²) in [6.07, 6.45) is 1.60. The van der Waals surface area contributed by atoms with Crippen LogP contribution in [0.25, 0.3) is 0 Å². The molecule has 1 N–H and O–H groups in total. The maximum Gasteiger partial charge on any atom is 0.311 e. The molecule has 0 aliphatic heterocycles. The van der Waals surface area contributed by atoms with E-state index < -0.39 is 10.8 Å². The number of nitrogens with zero attached hydrogens (tertiary/aromatic N) is 2. The van der Waals surface area contributed by atoms with Crippen molar-refractivity contribution in [2.75, 3.05) is 12.4 Å². The van der Waals surface area contributed by atoms with Gasteiger partial charge in [-0.1, -0.05) is 0 Å². The summed E-state index contributed by atoms with van der Waals surface area (Å²) < 4.78 is 5.82. The first kappa shape index (κ1) is 15.2. The summed E-state index contributed by atoms with van der Waals surface area (Å²) in [7, 11) is 1.33. The first-order valence-electron chi connectivity index (χ1n) is 5.76. The number of nitrogens with one attached hydrogen (secondary N) is 1. The van der Waals surface area contributed by atoms with E-state index in [2.05, 4.69) is 32.9 Å². The maximum absolute atomic E-state index is 12.1. The van der Waals surface area contributed by atoms with Gasteiger partial charge in [0.05, 0.1) is 12.0 Å². The van der Waals surface area contributed by atoms with Crippen molar-refractivity contribution in [3.8, 4) is 5.75 Å². The molecular weight excluding hydrogens is 389 g/mol. The van der Waals surface area contributed by atoms with Crippen LogP contribution in [0.2, 0.25) is 0 Å². The number of ether oxygens (including phenoxy) is 1. The van der Waals surface area contributed by atoms with Gasteiger partial charge in [-0.05, 0) is 46.9 Å². The quantitative estimate of drug-likeness (QED) is 0.485. The van der Waals surface area contributed by atoms with Crippen molar-refractivity contribution in [1.82, 2.24) is 4.98 Å². The molecule has 0 unspecified atom stereocenters. The van der Waals surface area contributed by atoms with Gasteiger partial charge >= 0.3 is 5.69 Å². The van der Waals surface area contributed by atoms with Crippen molar-refractivity contribution >= 4 is 40.0 Å². The van der Waals surface area contributed by atoms with E-state index >= 15 is 0 Å². The Morgan fingerprint density at radius 3 is 2.71 bits per heavy atom. The second-order valence-corrected chi connectivity index (χ2v) is 5.21. The highest BCUT2D eigenvalue weighted by Gasteiger charge is 2.18. The number of rotatable bonds is 4. The first-order chi connectivity index (χ1) is 10.0. The third-order valence-electron chi connectivity index (χ3n) is 2.61. The Morgan fingerprint density at radius 2 is 2.14 bits per heavy atom. The van der Waals surface area contributed by atoms with Gasteiger partial charge < -0.3 is 10.1 Å². The third kappa shape index (κ3) is 3.66. The molecule has 0 aliphatic carbocycles. The predicted octanol–water partition coefficient (Wildman–Crippen LogP) is 2.86. The number of benzene rings is 1. The van der Waals surface area contributed by atoms with Gasteiger partial charge in [0.25, 0.3) is 5.91 Å². The van der Waals surface area contributed by atoms with Crippen molar-refractivity contribution in [3.05, 3.63) is 55.8 Å². The minimum atomic E-state index is -0.598. The molecular formula is C13H10IN3O4. The Hall–Kier alpha value is -2.23. The molecule has 1 amide bonds. The van der Waals surface area contributed by atoms with Gasteiger partial charge in [-0.15, -0.1) is 0 Å². The molecule has 8 heteroatoms. The largest absolute Gasteiger partial charge is 0.490 e. The van der Waals surface area contributed by atoms with Crippen LogP contribution < -0.4 is 10.1 Å². The second-order valence-electron chi connectivity index (χ2n) is 3.96. The van der Waals surface area contributed by atoms with Crippen molar-refractivity contribution < 1.29 is 14.5 Å². The molecule has 0 aliphatic rings. The fourth-order valence-electron chi connectivity index (χ4n) is 1.61. The lowest BCUT2D eigenvalue weighted by Crippen LogP contribution is -2.13. The SMILES string of the molecule is COc1ccc(C(=O)Nc2ccc(I)cn2)cc1[N+](=O)[O-]. The van der Waals surface area contributed by atoms with Crippen LogP contribution in [0.5, 0.6) is 5.75 Å². The standard InChI is InChI=1S/C13H10IN3O4/c1-21-11-4-2-8(6-10(11)17(19)20)13(18)16-12-5-3-9(14)7-15-12/h2-7H,1H3,(H,15,16,18). The molecule has 2 aromatic rings. The van der Waals surface area contributed by atoms with Crippen molar-refractivity contribution in [2.24, 2.45) is 0 Å². The van der Waals surface area contributed by atoms with Crippen LogP contribution in [0.4, 0.5) is 11.5 Å². The van der Waals surface area contributed by atoms with Gasteiger partial charge in [-0.2, -0.15) is 0 Å². The third-order valence-corrected chi connectivity index (χ3v) is 3.24. The zero-order valence-corrected chi connectivity index (χ0v) is 13.0. The van der Waals surface area contributed by atoms with Crippen LogP contribution in [0.15, 0.2) is 36.5 Å². The van der Waals surface area contributed by atoms with E-state index in [4.69, 9.17) is 4.74 Å². The number of amides is 1. The first-order valence-corrected chi connectivity index (χ1v) is 6.84. The van der Waals surface area contributed by atoms with Crippen LogP contribution in [-0.2, 0) is 0 Å². The zero-order valence-electron chi connectivity index (χ0n) is 10.9. The Balaban J connectivity index is 2.25.